The van der Waals surface area contributed by atoms with E-state index in [0.29, 0.717) is 11.6 Å². The first-order valence-electron chi connectivity index (χ1n) is 12.2. The lowest BCUT2D eigenvalue weighted by Crippen LogP contribution is -2.22. The monoisotopic (exact) mass is 474 g/mol. The Morgan fingerprint density at radius 2 is 1.68 bits per heavy atom. The lowest BCUT2D eigenvalue weighted by atomic mass is 9.99. The highest BCUT2D eigenvalue weighted by molar-refractivity contribution is 7.07. The van der Waals surface area contributed by atoms with Crippen molar-refractivity contribution in [3.05, 3.63) is 86.9 Å². The molecule has 0 aliphatic heterocycles. The molecule has 5 nitrogen and oxygen atoms in total. The van der Waals surface area contributed by atoms with E-state index in [0.717, 1.165) is 34.8 Å². The summed E-state index contributed by atoms with van der Waals surface area (Å²) in [6, 6.07) is 20.2. The second kappa shape index (κ2) is 10.9. The summed E-state index contributed by atoms with van der Waals surface area (Å²) in [5, 5.41) is 2.18. The van der Waals surface area contributed by atoms with Crippen LogP contribution >= 0.6 is 11.3 Å². The van der Waals surface area contributed by atoms with Crippen molar-refractivity contribution in [2.45, 2.75) is 53.0 Å². The zero-order valence-electron chi connectivity index (χ0n) is 20.6. The van der Waals surface area contributed by atoms with Gasteiger partial charge in [0.15, 0.2) is 10.5 Å². The van der Waals surface area contributed by atoms with Crippen LogP contribution in [0.3, 0.4) is 0 Å². The summed E-state index contributed by atoms with van der Waals surface area (Å²) in [4.78, 5) is 19.3. The van der Waals surface area contributed by atoms with E-state index in [2.05, 4.69) is 48.1 Å². The molecule has 6 heteroatoms. The summed E-state index contributed by atoms with van der Waals surface area (Å²) >= 11 is 1.61. The third-order valence-electron chi connectivity index (χ3n) is 6.58. The van der Waals surface area contributed by atoms with Gasteiger partial charge < -0.3 is 4.57 Å². The highest BCUT2D eigenvalue weighted by Crippen LogP contribution is 2.24. The number of thiazole rings is 1. The van der Waals surface area contributed by atoms with E-state index >= 15 is 0 Å². The Labute approximate surface area is 205 Å². The zero-order valence-corrected chi connectivity index (χ0v) is 21.4. The quantitative estimate of drug-likeness (QED) is 0.274. The molecule has 0 aliphatic rings. The van der Waals surface area contributed by atoms with E-state index in [1.807, 2.05) is 55.1 Å². The van der Waals surface area contributed by atoms with E-state index < -0.39 is 0 Å². The molecule has 2 heterocycles. The molecule has 178 valence electrons. The Bertz CT molecular complexity index is 1340. The fourth-order valence-corrected chi connectivity index (χ4v) is 5.31. The van der Waals surface area contributed by atoms with Crippen molar-refractivity contribution in [3.63, 3.8) is 0 Å². The van der Waals surface area contributed by atoms with Gasteiger partial charge in [0.2, 0.25) is 0 Å². The number of nitrogens with zero attached hydrogens (tertiary/aromatic N) is 4. The van der Waals surface area contributed by atoms with Gasteiger partial charge in [0.25, 0.3) is 5.56 Å². The maximum Gasteiger partial charge on any atom is 0.297 e. The van der Waals surface area contributed by atoms with Crippen LogP contribution in [0.15, 0.2) is 75.8 Å². The molecule has 34 heavy (non-hydrogen) atoms. The molecular weight excluding hydrogens is 440 g/mol. The third kappa shape index (κ3) is 4.87. The highest BCUT2D eigenvalue weighted by Gasteiger charge is 2.18. The lowest BCUT2D eigenvalue weighted by molar-refractivity contribution is 0.389. The zero-order chi connectivity index (χ0) is 24.1. The van der Waals surface area contributed by atoms with Crippen molar-refractivity contribution in [3.8, 4) is 16.9 Å². The Balaban J connectivity index is 1.86. The van der Waals surface area contributed by atoms with Crippen LogP contribution in [0.4, 0.5) is 5.69 Å². The van der Waals surface area contributed by atoms with E-state index in [1.165, 1.54) is 24.8 Å². The molecule has 2 aromatic heterocycles. The molecule has 2 aromatic carbocycles. The molecule has 1 atom stereocenters. The van der Waals surface area contributed by atoms with Crippen LogP contribution in [-0.2, 0) is 13.6 Å². The van der Waals surface area contributed by atoms with Crippen molar-refractivity contribution in [1.29, 1.82) is 0 Å². The summed E-state index contributed by atoms with van der Waals surface area (Å²) in [5.74, 6) is 0.578. The van der Waals surface area contributed by atoms with Crippen molar-refractivity contribution in [2.24, 2.45) is 18.0 Å². The molecule has 0 saturated carbocycles. The number of para-hydroxylation sites is 1. The highest BCUT2D eigenvalue weighted by atomic mass is 32.1. The minimum atomic E-state index is -0.0922. The van der Waals surface area contributed by atoms with Crippen LogP contribution < -0.4 is 10.4 Å². The Hall–Kier alpha value is -3.12. The van der Waals surface area contributed by atoms with Gasteiger partial charge in [-0.3, -0.25) is 9.48 Å². The maximum absolute atomic E-state index is 13.5. The topological polar surface area (TPSA) is 44.2 Å². The number of benzene rings is 2. The van der Waals surface area contributed by atoms with Gasteiger partial charge in [0.05, 0.1) is 17.1 Å². The molecule has 0 spiro atoms. The second-order valence-electron chi connectivity index (χ2n) is 8.82. The van der Waals surface area contributed by atoms with Gasteiger partial charge in [-0.15, -0.1) is 11.3 Å². The van der Waals surface area contributed by atoms with Crippen LogP contribution in [0.5, 0.6) is 0 Å². The number of unbranched alkanes of at least 4 members (excludes halogenated alkanes) is 1. The fourth-order valence-electron chi connectivity index (χ4n) is 4.39. The standard InChI is InChI=1S/C28H34N4OS/c1-5-7-14-22(6-2)19-31-25(23-15-10-8-11-16-23)20-34-28(31)29-26-21(3)30(4)32(27(26)33)24-17-12-9-13-18-24/h8-13,15-18,20,22H,5-7,14,19H2,1-4H3. The van der Waals surface area contributed by atoms with Crippen LogP contribution in [0.1, 0.15) is 45.2 Å². The van der Waals surface area contributed by atoms with E-state index in [4.69, 9.17) is 4.99 Å². The minimum absolute atomic E-state index is 0.0922. The van der Waals surface area contributed by atoms with E-state index in [-0.39, 0.29) is 5.56 Å². The molecule has 0 saturated heterocycles. The third-order valence-corrected chi connectivity index (χ3v) is 7.45. The molecular formula is C28H34N4OS. The number of rotatable bonds is 9. The molecule has 0 amide bonds. The minimum Gasteiger partial charge on any atom is -0.316 e. The number of hydrogen-bond donors (Lipinski definition) is 0. The smallest absolute Gasteiger partial charge is 0.297 e. The van der Waals surface area contributed by atoms with Crippen molar-refractivity contribution >= 4 is 17.0 Å². The van der Waals surface area contributed by atoms with E-state index in [1.54, 1.807) is 16.0 Å². The molecule has 0 N–H and O–H groups in total. The fraction of sp³-hybridized carbons (Fsp3) is 0.357. The summed E-state index contributed by atoms with van der Waals surface area (Å²) in [7, 11) is 1.92. The Kier molecular flexibility index (Phi) is 7.68. The second-order valence-corrected chi connectivity index (χ2v) is 9.66. The van der Waals surface area contributed by atoms with Gasteiger partial charge in [-0.05, 0) is 37.0 Å². The first-order valence-corrected chi connectivity index (χ1v) is 13.1. The van der Waals surface area contributed by atoms with Gasteiger partial charge >= 0.3 is 0 Å². The Morgan fingerprint density at radius 3 is 2.32 bits per heavy atom. The Morgan fingerprint density at radius 1 is 1.00 bits per heavy atom. The molecule has 0 bridgehead atoms. The molecule has 1 unspecified atom stereocenters. The van der Waals surface area contributed by atoms with Crippen LogP contribution in [0.2, 0.25) is 0 Å². The maximum atomic E-state index is 13.5. The van der Waals surface area contributed by atoms with Crippen LogP contribution in [0, 0.1) is 12.8 Å². The SMILES string of the molecule is CCCCC(CC)Cn1c(-c2ccccc2)csc1=Nc1c(C)n(C)n(-c2ccccc2)c1=O. The summed E-state index contributed by atoms with van der Waals surface area (Å²) < 4.78 is 5.91. The predicted octanol–water partition coefficient (Wildman–Crippen LogP) is 6.46. The number of aromatic nitrogens is 3. The average molecular weight is 475 g/mol. The van der Waals surface area contributed by atoms with Gasteiger partial charge in [-0.25, -0.2) is 9.67 Å². The molecule has 4 rings (SSSR count). The molecule has 4 aromatic rings. The molecule has 0 aliphatic carbocycles. The first kappa shape index (κ1) is 24.0. The summed E-state index contributed by atoms with van der Waals surface area (Å²) in [6.07, 6.45) is 4.77. The summed E-state index contributed by atoms with van der Waals surface area (Å²) in [6.45, 7) is 7.39. The van der Waals surface area contributed by atoms with E-state index in [9.17, 15) is 4.79 Å². The van der Waals surface area contributed by atoms with Crippen molar-refractivity contribution in [1.82, 2.24) is 13.9 Å². The van der Waals surface area contributed by atoms with Crippen molar-refractivity contribution < 1.29 is 0 Å². The normalized spacial score (nSPS) is 12.9. The number of hydrogen-bond acceptors (Lipinski definition) is 3. The predicted molar refractivity (Wildman–Crippen MR) is 142 cm³/mol. The van der Waals surface area contributed by atoms with Gasteiger partial charge in [0, 0.05) is 19.0 Å². The average Bonchev–Trinajstić information content (AvgIpc) is 3.36. The van der Waals surface area contributed by atoms with Crippen LogP contribution in [-0.4, -0.2) is 13.9 Å². The summed E-state index contributed by atoms with van der Waals surface area (Å²) in [5.41, 5.74) is 4.45. The van der Waals surface area contributed by atoms with Crippen LogP contribution in [0.25, 0.3) is 16.9 Å². The van der Waals surface area contributed by atoms with Crippen molar-refractivity contribution in [2.75, 3.05) is 0 Å². The lowest BCUT2D eigenvalue weighted by Gasteiger charge is -2.17. The van der Waals surface area contributed by atoms with Gasteiger partial charge in [0.1, 0.15) is 0 Å². The molecule has 0 fully saturated rings. The largest absolute Gasteiger partial charge is 0.316 e. The van der Waals surface area contributed by atoms with Gasteiger partial charge in [-0.1, -0.05) is 81.6 Å². The van der Waals surface area contributed by atoms with Gasteiger partial charge in [-0.2, -0.15) is 0 Å². The molecule has 0 radical (unpaired) electrons. The first-order chi connectivity index (χ1) is 16.5.